The molecule has 41 heavy (non-hydrogen) atoms. The van der Waals surface area contributed by atoms with Crippen LogP contribution in [0.5, 0.6) is 0 Å². The Morgan fingerprint density at radius 3 is 1.56 bits per heavy atom. The first-order valence-electron chi connectivity index (χ1n) is 13.8. The third-order valence-electron chi connectivity index (χ3n) is 8.71. The maximum absolute atomic E-state index is 14.8. The van der Waals surface area contributed by atoms with Crippen molar-refractivity contribution < 1.29 is 35.4 Å². The molecular formula is C33H38FIN3O2S+. The van der Waals surface area contributed by atoms with Crippen molar-refractivity contribution in [3.05, 3.63) is 107 Å². The molecule has 0 radical (unpaired) electrons. The van der Waals surface area contributed by atoms with Crippen LogP contribution in [0.3, 0.4) is 0 Å². The molecule has 2 heterocycles. The molecule has 5 rings (SSSR count). The first kappa shape index (κ1) is 29.8. The van der Waals surface area contributed by atoms with Gasteiger partial charge in [0.1, 0.15) is 0 Å². The molecule has 0 amide bonds. The largest absolute Gasteiger partial charge is 0.410 e. The Morgan fingerprint density at radius 2 is 1.20 bits per heavy atom. The van der Waals surface area contributed by atoms with Crippen LogP contribution in [0.2, 0.25) is 0 Å². The van der Waals surface area contributed by atoms with Gasteiger partial charge in [-0.25, -0.2) is 0 Å². The number of rotatable bonds is 4. The molecule has 0 spiro atoms. The average Bonchev–Trinajstić information content (AvgIpc) is 3.43. The van der Waals surface area contributed by atoms with Crippen molar-refractivity contribution in [2.24, 2.45) is 4.40 Å². The van der Waals surface area contributed by atoms with E-state index in [2.05, 4.69) is 90.4 Å². The first-order chi connectivity index (χ1) is 19.1. The number of halogens is 2. The van der Waals surface area contributed by atoms with Crippen LogP contribution in [-0.4, -0.2) is 31.2 Å². The number of alkyl halides is 2. The van der Waals surface area contributed by atoms with Gasteiger partial charge in [0, 0.05) is 54.6 Å². The Kier molecular flexibility index (Phi) is 7.42. The lowest BCUT2D eigenvalue weighted by Gasteiger charge is -2.24. The summed E-state index contributed by atoms with van der Waals surface area (Å²) in [6.07, 6.45) is 9.30. The highest BCUT2D eigenvalue weighted by Crippen LogP contribution is 2.48. The van der Waals surface area contributed by atoms with E-state index >= 15 is 0 Å². The molecule has 5 nitrogen and oxygen atoms in total. The van der Waals surface area contributed by atoms with Crippen LogP contribution in [0, 0.1) is 0 Å². The second-order valence-electron chi connectivity index (χ2n) is 12.1. The standard InChI is InChI=1S/C33H38FIN3O2S/c1-31(2)24-12-8-10-14-26(24)37(6)28(31)20-18-22-16-17-23(30(22)36-41(39,40)33(5,34)35)19-21-29-32(3,4)25-13-9-11-15-27(25)38(29)7/h8-15,18-21,35H,16-17H2,1-7H3/q+1/b22-18+,23-19+,28-20+,29-21+. The van der Waals surface area contributed by atoms with Crippen molar-refractivity contribution in [3.63, 3.8) is 0 Å². The smallest absolute Gasteiger partial charge is 0.347 e. The molecule has 3 aliphatic rings. The number of nitrogens with zero attached hydrogens (tertiary/aromatic N) is 3. The molecule has 1 saturated carbocycles. The fourth-order valence-corrected chi connectivity index (χ4v) is 7.28. The number of fused-ring (bicyclic) bond motifs is 2. The molecule has 8 heteroatoms. The Hall–Kier alpha value is -2.72. The summed E-state index contributed by atoms with van der Waals surface area (Å²) in [4.78, 5) is 4.35. The monoisotopic (exact) mass is 686 g/mol. The molecule has 1 atom stereocenters. The van der Waals surface area contributed by atoms with Crippen molar-refractivity contribution in [2.45, 2.75) is 61.3 Å². The molecule has 0 N–H and O–H groups in total. The van der Waals surface area contributed by atoms with Crippen LogP contribution in [-0.2, 0) is 20.9 Å². The van der Waals surface area contributed by atoms with E-state index in [-0.39, 0.29) is 10.8 Å². The van der Waals surface area contributed by atoms with Crippen LogP contribution in [0.25, 0.3) is 0 Å². The van der Waals surface area contributed by atoms with E-state index in [1.165, 1.54) is 11.1 Å². The minimum atomic E-state index is -4.39. The zero-order valence-electron chi connectivity index (χ0n) is 24.7. The maximum Gasteiger partial charge on any atom is 0.410 e. The highest BCUT2D eigenvalue weighted by Gasteiger charge is 2.46. The first-order valence-corrected chi connectivity index (χ1v) is 16.4. The van der Waals surface area contributed by atoms with E-state index < -0.39 is 13.0 Å². The minimum Gasteiger partial charge on any atom is -0.347 e. The van der Waals surface area contributed by atoms with Gasteiger partial charge in [0.15, 0.2) is 0 Å². The maximum atomic E-state index is 14.8. The number of benzene rings is 2. The van der Waals surface area contributed by atoms with Crippen molar-refractivity contribution in [1.82, 2.24) is 0 Å². The number of hydrogen-bond donors (Lipinski definition) is 0. The molecule has 1 aliphatic carbocycles. The van der Waals surface area contributed by atoms with Gasteiger partial charge in [-0.05, 0) is 59.4 Å². The van der Waals surface area contributed by atoms with E-state index in [9.17, 15) is 12.8 Å². The molecule has 1 unspecified atom stereocenters. The summed E-state index contributed by atoms with van der Waals surface area (Å²) in [5.74, 6) is 0. The van der Waals surface area contributed by atoms with Crippen LogP contribution in [0.4, 0.5) is 15.8 Å². The van der Waals surface area contributed by atoms with Crippen molar-refractivity contribution in [3.8, 4) is 0 Å². The van der Waals surface area contributed by atoms with Gasteiger partial charge in [-0.3, -0.25) is 0 Å². The number of anilines is 2. The zero-order valence-corrected chi connectivity index (χ0v) is 27.8. The highest BCUT2D eigenvalue weighted by atomic mass is 127. The Bertz CT molecular complexity index is 1570. The van der Waals surface area contributed by atoms with Crippen LogP contribution >= 0.6 is 0 Å². The number of hydrogen-bond acceptors (Lipinski definition) is 4. The summed E-state index contributed by atoms with van der Waals surface area (Å²) in [6.45, 7) is 9.80. The van der Waals surface area contributed by atoms with Crippen molar-refractivity contribution in [1.29, 1.82) is 0 Å². The van der Waals surface area contributed by atoms with Gasteiger partial charge >= 0.3 is 35.6 Å². The van der Waals surface area contributed by atoms with Gasteiger partial charge in [0.05, 0.1) is 5.71 Å². The zero-order chi connectivity index (χ0) is 30.0. The molecule has 1 fully saturated rings. The molecule has 0 saturated heterocycles. The normalized spacial score (nSPS) is 24.9. The number of likely N-dealkylation sites (N-methyl/N-ethyl adjacent to an activating group) is 2. The SMILES string of the molecule is CN1/C(=C/C=C2\CC/C(=C\C=C3\N(C)c4ccccc4C3(C)C)C2=NS(=O)(=O)C(C)(F)[IH+])C(C)(C)c2ccccc21. The highest BCUT2D eigenvalue weighted by molar-refractivity contribution is 7.91. The lowest BCUT2D eigenvalue weighted by molar-refractivity contribution is -0.477. The molecule has 2 aromatic rings. The van der Waals surface area contributed by atoms with Gasteiger partial charge < -0.3 is 9.80 Å². The third kappa shape index (κ3) is 5.01. The molecule has 2 aliphatic heterocycles. The Labute approximate surface area is 257 Å². The number of allylic oxidation sites excluding steroid dienone is 8. The summed E-state index contributed by atoms with van der Waals surface area (Å²) >= 11 is 0.953. The van der Waals surface area contributed by atoms with Crippen LogP contribution in [0.15, 0.2) is 99.8 Å². The number of sulfonamides is 1. The summed E-state index contributed by atoms with van der Waals surface area (Å²) in [7, 11) is -0.296. The van der Waals surface area contributed by atoms with Gasteiger partial charge in [0.25, 0.3) is 0 Å². The van der Waals surface area contributed by atoms with Gasteiger partial charge in [-0.15, -0.1) is 0 Å². The topological polar surface area (TPSA) is 53.0 Å². The molecule has 0 aromatic heterocycles. The summed E-state index contributed by atoms with van der Waals surface area (Å²) in [6, 6.07) is 16.7. The fourth-order valence-electron chi connectivity index (χ4n) is 6.32. The summed E-state index contributed by atoms with van der Waals surface area (Å²) in [5.41, 5.74) is 8.48. The van der Waals surface area contributed by atoms with E-state index in [4.69, 9.17) is 0 Å². The van der Waals surface area contributed by atoms with Gasteiger partial charge in [-0.2, -0.15) is 17.2 Å². The Balaban J connectivity index is 1.58. The second kappa shape index (κ2) is 10.2. The molecule has 2 aromatic carbocycles. The van der Waals surface area contributed by atoms with E-state index in [1.54, 1.807) is 0 Å². The fraction of sp³-hybridized carbons (Fsp3) is 0.364. The molecule has 216 valence electrons. The van der Waals surface area contributed by atoms with Crippen LogP contribution < -0.4 is 32.4 Å². The number of para-hydroxylation sites is 2. The van der Waals surface area contributed by atoms with Gasteiger partial charge in [0.2, 0.25) is 0 Å². The van der Waals surface area contributed by atoms with Crippen LogP contribution in [0.1, 0.15) is 58.6 Å². The molecule has 0 bridgehead atoms. The predicted molar refractivity (Wildman–Crippen MR) is 165 cm³/mol. The lowest BCUT2D eigenvalue weighted by atomic mass is 9.83. The van der Waals surface area contributed by atoms with Crippen molar-refractivity contribution >= 4 is 27.1 Å². The van der Waals surface area contributed by atoms with E-state index in [0.29, 0.717) is 18.6 Å². The van der Waals surface area contributed by atoms with E-state index in [1.807, 2.05) is 38.4 Å². The quantitative estimate of drug-likeness (QED) is 0.362. The lowest BCUT2D eigenvalue weighted by Crippen LogP contribution is -3.43. The average molecular weight is 687 g/mol. The summed E-state index contributed by atoms with van der Waals surface area (Å²) in [5, 5.41) is 0. The summed E-state index contributed by atoms with van der Waals surface area (Å²) < 4.78 is 42.4. The third-order valence-corrected chi connectivity index (χ3v) is 11.9. The second-order valence-corrected chi connectivity index (χ2v) is 17.0. The Morgan fingerprint density at radius 1 is 0.805 bits per heavy atom. The van der Waals surface area contributed by atoms with Gasteiger partial charge in [-0.1, -0.05) is 76.2 Å². The predicted octanol–water partition coefficient (Wildman–Crippen LogP) is 3.96. The van der Waals surface area contributed by atoms with E-state index in [0.717, 1.165) is 63.4 Å². The molecular weight excluding hydrogens is 648 g/mol. The minimum absolute atomic E-state index is 0.220. The van der Waals surface area contributed by atoms with Crippen molar-refractivity contribution in [2.75, 3.05) is 23.9 Å².